The number of benzene rings is 8. The van der Waals surface area contributed by atoms with Crippen LogP contribution < -0.4 is 4.90 Å². The number of rotatable bonds is 5. The standard InChI is InChI=1S/C46H29NO2/c1-3-12-30(13-4-1)31-22-25-34(26-23-31)47(42-20-11-19-38-37-18-9-10-21-43(37)48-46(38)42)35-28-40(32-14-5-2-6-15-32)45-41(29-35)39-27-24-33-16-7-8-17-36(33)44(39)49-45/h1-29H. The first-order valence-electron chi connectivity index (χ1n) is 16.6. The molecule has 0 aliphatic carbocycles. The first-order chi connectivity index (χ1) is 24.3. The monoisotopic (exact) mass is 627 g/mol. The summed E-state index contributed by atoms with van der Waals surface area (Å²) in [7, 11) is 0. The fourth-order valence-corrected chi connectivity index (χ4v) is 7.32. The van der Waals surface area contributed by atoms with Crippen molar-refractivity contribution in [1.82, 2.24) is 0 Å². The molecule has 2 aromatic heterocycles. The minimum atomic E-state index is 0.847. The van der Waals surface area contributed by atoms with Gasteiger partial charge in [-0.3, -0.25) is 0 Å². The Hall–Kier alpha value is -6.58. The van der Waals surface area contributed by atoms with Crippen LogP contribution in [0.3, 0.4) is 0 Å². The lowest BCUT2D eigenvalue weighted by molar-refractivity contribution is 0.669. The van der Waals surface area contributed by atoms with E-state index in [-0.39, 0.29) is 0 Å². The Morgan fingerprint density at radius 2 is 1.00 bits per heavy atom. The fraction of sp³-hybridized carbons (Fsp3) is 0. The normalized spacial score (nSPS) is 11.7. The van der Waals surface area contributed by atoms with Crippen molar-refractivity contribution in [3.8, 4) is 22.3 Å². The highest BCUT2D eigenvalue weighted by atomic mass is 16.3. The Kier molecular flexibility index (Phi) is 6.18. The third kappa shape index (κ3) is 4.44. The maximum absolute atomic E-state index is 6.84. The van der Waals surface area contributed by atoms with Crippen LogP contribution in [-0.4, -0.2) is 0 Å². The van der Waals surface area contributed by atoms with E-state index in [2.05, 4.69) is 169 Å². The number of hydrogen-bond donors (Lipinski definition) is 0. The van der Waals surface area contributed by atoms with Crippen molar-refractivity contribution in [2.75, 3.05) is 4.90 Å². The van der Waals surface area contributed by atoms with Gasteiger partial charge in [0.25, 0.3) is 0 Å². The van der Waals surface area contributed by atoms with Crippen molar-refractivity contribution < 1.29 is 8.83 Å². The van der Waals surface area contributed by atoms with Crippen LogP contribution in [0.25, 0.3) is 76.9 Å². The maximum atomic E-state index is 6.84. The molecule has 0 aliphatic heterocycles. The zero-order valence-electron chi connectivity index (χ0n) is 26.5. The molecule has 230 valence electrons. The summed E-state index contributed by atoms with van der Waals surface area (Å²) in [6.07, 6.45) is 0. The van der Waals surface area contributed by atoms with Crippen LogP contribution in [0.15, 0.2) is 185 Å². The molecule has 0 unspecified atom stereocenters. The van der Waals surface area contributed by atoms with Crippen LogP contribution in [-0.2, 0) is 0 Å². The van der Waals surface area contributed by atoms with Gasteiger partial charge in [-0.1, -0.05) is 133 Å². The molecule has 10 rings (SSSR count). The van der Waals surface area contributed by atoms with E-state index in [1.54, 1.807) is 0 Å². The zero-order valence-corrected chi connectivity index (χ0v) is 26.5. The van der Waals surface area contributed by atoms with Gasteiger partial charge >= 0.3 is 0 Å². The predicted octanol–water partition coefficient (Wildman–Crippen LogP) is 13.4. The van der Waals surface area contributed by atoms with Gasteiger partial charge in [0, 0.05) is 43.9 Å². The molecule has 2 heterocycles. The molecule has 0 bridgehead atoms. The van der Waals surface area contributed by atoms with Gasteiger partial charge in [0.1, 0.15) is 16.7 Å². The molecule has 0 aliphatic rings. The molecule has 0 amide bonds. The van der Waals surface area contributed by atoms with E-state index >= 15 is 0 Å². The van der Waals surface area contributed by atoms with Crippen LogP contribution in [0.1, 0.15) is 0 Å². The molecule has 0 N–H and O–H groups in total. The Morgan fingerprint density at radius 3 is 1.82 bits per heavy atom. The van der Waals surface area contributed by atoms with Gasteiger partial charge in [-0.15, -0.1) is 0 Å². The molecule has 0 saturated carbocycles. The smallest absolute Gasteiger partial charge is 0.159 e. The van der Waals surface area contributed by atoms with Crippen molar-refractivity contribution in [3.63, 3.8) is 0 Å². The minimum Gasteiger partial charge on any atom is -0.455 e. The Morgan fingerprint density at radius 1 is 0.347 bits per heavy atom. The average Bonchev–Trinajstić information content (AvgIpc) is 3.75. The van der Waals surface area contributed by atoms with Crippen molar-refractivity contribution >= 4 is 71.7 Å². The summed E-state index contributed by atoms with van der Waals surface area (Å²) in [4.78, 5) is 2.32. The molecule has 0 radical (unpaired) electrons. The highest BCUT2D eigenvalue weighted by Crippen LogP contribution is 2.47. The summed E-state index contributed by atoms with van der Waals surface area (Å²) >= 11 is 0. The van der Waals surface area contributed by atoms with Crippen molar-refractivity contribution in [2.45, 2.75) is 0 Å². The van der Waals surface area contributed by atoms with E-state index in [1.807, 2.05) is 12.1 Å². The third-order valence-corrected chi connectivity index (χ3v) is 9.65. The molecular formula is C46H29NO2. The van der Waals surface area contributed by atoms with Crippen LogP contribution in [0, 0.1) is 0 Å². The SMILES string of the molecule is c1ccc(-c2ccc(N(c3cc(-c4ccccc4)c4oc5c6ccccc6ccc5c4c3)c3cccc4c3oc3ccccc34)cc2)cc1. The number of furan rings is 2. The van der Waals surface area contributed by atoms with E-state index < -0.39 is 0 Å². The van der Waals surface area contributed by atoms with E-state index in [1.165, 1.54) is 11.1 Å². The van der Waals surface area contributed by atoms with Gasteiger partial charge in [0.15, 0.2) is 5.58 Å². The van der Waals surface area contributed by atoms with Crippen LogP contribution in [0.4, 0.5) is 17.1 Å². The number of anilines is 3. The lowest BCUT2D eigenvalue weighted by Gasteiger charge is -2.26. The molecule has 0 saturated heterocycles. The lowest BCUT2D eigenvalue weighted by atomic mass is 9.99. The summed E-state index contributed by atoms with van der Waals surface area (Å²) < 4.78 is 13.5. The predicted molar refractivity (Wildman–Crippen MR) is 204 cm³/mol. The summed E-state index contributed by atoms with van der Waals surface area (Å²) in [6.45, 7) is 0. The molecule has 0 atom stereocenters. The first kappa shape index (κ1) is 27.5. The molecule has 0 fully saturated rings. The van der Waals surface area contributed by atoms with E-state index in [0.717, 1.165) is 82.8 Å². The molecule has 8 aromatic carbocycles. The average molecular weight is 628 g/mol. The second-order valence-corrected chi connectivity index (χ2v) is 12.5. The summed E-state index contributed by atoms with van der Waals surface area (Å²) in [6, 6.07) is 61.9. The Bertz CT molecular complexity index is 2810. The number of nitrogens with zero attached hydrogens (tertiary/aromatic N) is 1. The quantitative estimate of drug-likeness (QED) is 0.190. The number of para-hydroxylation sites is 2. The highest BCUT2D eigenvalue weighted by Gasteiger charge is 2.23. The van der Waals surface area contributed by atoms with Crippen molar-refractivity contribution in [1.29, 1.82) is 0 Å². The topological polar surface area (TPSA) is 29.5 Å². The summed E-state index contributed by atoms with van der Waals surface area (Å²) in [5, 5.41) is 6.62. The fourth-order valence-electron chi connectivity index (χ4n) is 7.32. The molecule has 3 nitrogen and oxygen atoms in total. The molecule has 10 aromatic rings. The van der Waals surface area contributed by atoms with Gasteiger partial charge in [0.2, 0.25) is 0 Å². The van der Waals surface area contributed by atoms with Gasteiger partial charge < -0.3 is 13.7 Å². The minimum absolute atomic E-state index is 0.847. The van der Waals surface area contributed by atoms with E-state index in [4.69, 9.17) is 8.83 Å². The van der Waals surface area contributed by atoms with Gasteiger partial charge in [-0.2, -0.15) is 0 Å². The van der Waals surface area contributed by atoms with Crippen LogP contribution in [0.5, 0.6) is 0 Å². The highest BCUT2D eigenvalue weighted by molar-refractivity contribution is 6.18. The molecular weight excluding hydrogens is 599 g/mol. The second-order valence-electron chi connectivity index (χ2n) is 12.5. The molecule has 3 heteroatoms. The number of hydrogen-bond acceptors (Lipinski definition) is 3. The van der Waals surface area contributed by atoms with Crippen molar-refractivity contribution in [2.24, 2.45) is 0 Å². The molecule has 49 heavy (non-hydrogen) atoms. The molecule has 0 spiro atoms. The summed E-state index contributed by atoms with van der Waals surface area (Å²) in [5.41, 5.74) is 11.0. The van der Waals surface area contributed by atoms with Gasteiger partial charge in [0.05, 0.1) is 5.69 Å². The number of fused-ring (bicyclic) bond motifs is 8. The first-order valence-corrected chi connectivity index (χ1v) is 16.6. The second kappa shape index (κ2) is 11.0. The largest absolute Gasteiger partial charge is 0.455 e. The van der Waals surface area contributed by atoms with Gasteiger partial charge in [-0.05, 0) is 64.5 Å². The van der Waals surface area contributed by atoms with Crippen LogP contribution in [0.2, 0.25) is 0 Å². The Labute approximate surface area is 282 Å². The van der Waals surface area contributed by atoms with E-state index in [0.29, 0.717) is 0 Å². The summed E-state index contributed by atoms with van der Waals surface area (Å²) in [5.74, 6) is 0. The third-order valence-electron chi connectivity index (χ3n) is 9.65. The maximum Gasteiger partial charge on any atom is 0.159 e. The van der Waals surface area contributed by atoms with Crippen LogP contribution >= 0.6 is 0 Å². The van der Waals surface area contributed by atoms with Crippen molar-refractivity contribution in [3.05, 3.63) is 176 Å². The lowest BCUT2D eigenvalue weighted by Crippen LogP contribution is -2.10. The Balaban J connectivity index is 1.28. The van der Waals surface area contributed by atoms with Gasteiger partial charge in [-0.25, -0.2) is 0 Å². The van der Waals surface area contributed by atoms with E-state index in [9.17, 15) is 0 Å². The zero-order chi connectivity index (χ0) is 32.3.